The SMILES string of the molecule is C=C(C)COc1cccc(NC(=S)NCc2cccc(C(F)(F)F)c2)c1. The molecule has 0 aromatic heterocycles. The third kappa shape index (κ3) is 6.40. The van der Waals surface area contributed by atoms with E-state index in [4.69, 9.17) is 17.0 Å². The van der Waals surface area contributed by atoms with Crippen LogP contribution in [0.4, 0.5) is 18.9 Å². The van der Waals surface area contributed by atoms with Crippen molar-refractivity contribution in [1.82, 2.24) is 5.32 Å². The van der Waals surface area contributed by atoms with Crippen molar-refractivity contribution < 1.29 is 17.9 Å². The van der Waals surface area contributed by atoms with Gasteiger partial charge in [-0.25, -0.2) is 0 Å². The zero-order valence-corrected chi connectivity index (χ0v) is 15.0. The molecule has 7 heteroatoms. The summed E-state index contributed by atoms with van der Waals surface area (Å²) < 4.78 is 43.7. The lowest BCUT2D eigenvalue weighted by molar-refractivity contribution is -0.137. The van der Waals surface area contributed by atoms with Crippen LogP contribution in [0.25, 0.3) is 0 Å². The number of thiocarbonyl (C=S) groups is 1. The summed E-state index contributed by atoms with van der Waals surface area (Å²) in [5, 5.41) is 6.18. The molecule has 26 heavy (non-hydrogen) atoms. The number of halogens is 3. The average molecular weight is 380 g/mol. The van der Waals surface area contributed by atoms with E-state index in [0.717, 1.165) is 17.7 Å². The fraction of sp³-hybridized carbons (Fsp3) is 0.211. The topological polar surface area (TPSA) is 33.3 Å². The number of alkyl halides is 3. The molecule has 0 atom stereocenters. The molecule has 0 heterocycles. The Labute approximate surface area is 155 Å². The Morgan fingerprint density at radius 2 is 1.88 bits per heavy atom. The fourth-order valence-corrected chi connectivity index (χ4v) is 2.28. The molecule has 138 valence electrons. The van der Waals surface area contributed by atoms with Gasteiger partial charge in [-0.15, -0.1) is 0 Å². The molecule has 0 saturated carbocycles. The second-order valence-electron chi connectivity index (χ2n) is 5.78. The van der Waals surface area contributed by atoms with E-state index in [9.17, 15) is 13.2 Å². The Kier molecular flexibility index (Phi) is 6.63. The number of anilines is 1. The molecule has 2 rings (SSSR count). The highest BCUT2D eigenvalue weighted by Gasteiger charge is 2.30. The van der Waals surface area contributed by atoms with Gasteiger partial charge in [0.25, 0.3) is 0 Å². The standard InChI is InChI=1S/C19H19F3N2OS/c1-13(2)12-25-17-8-4-7-16(10-17)24-18(26)23-11-14-5-3-6-15(9-14)19(20,21)22/h3-10H,1,11-12H2,2H3,(H2,23,24,26). The van der Waals surface area contributed by atoms with Crippen LogP contribution in [-0.4, -0.2) is 11.7 Å². The van der Waals surface area contributed by atoms with Gasteiger partial charge in [-0.1, -0.05) is 24.8 Å². The molecular weight excluding hydrogens is 361 g/mol. The molecule has 2 N–H and O–H groups in total. The van der Waals surface area contributed by atoms with Crippen LogP contribution in [0.2, 0.25) is 0 Å². The first-order chi connectivity index (χ1) is 12.2. The van der Waals surface area contributed by atoms with Crippen molar-refractivity contribution in [1.29, 1.82) is 0 Å². The maximum absolute atomic E-state index is 12.7. The van der Waals surface area contributed by atoms with E-state index in [2.05, 4.69) is 17.2 Å². The molecule has 2 aromatic carbocycles. The summed E-state index contributed by atoms with van der Waals surface area (Å²) in [5.41, 5.74) is 1.42. The Bertz CT molecular complexity index is 790. The number of rotatable bonds is 6. The third-order valence-electron chi connectivity index (χ3n) is 3.28. The molecular formula is C19H19F3N2OS. The van der Waals surface area contributed by atoms with Crippen molar-refractivity contribution in [3.63, 3.8) is 0 Å². The van der Waals surface area contributed by atoms with Crippen LogP contribution in [0.15, 0.2) is 60.7 Å². The largest absolute Gasteiger partial charge is 0.489 e. The minimum atomic E-state index is -4.36. The highest BCUT2D eigenvalue weighted by atomic mass is 32.1. The highest BCUT2D eigenvalue weighted by Crippen LogP contribution is 2.29. The van der Waals surface area contributed by atoms with Gasteiger partial charge in [-0.3, -0.25) is 0 Å². The van der Waals surface area contributed by atoms with Crippen LogP contribution in [0.1, 0.15) is 18.1 Å². The summed E-state index contributed by atoms with van der Waals surface area (Å²) in [5.74, 6) is 0.665. The Balaban J connectivity index is 1.91. The number of hydrogen-bond donors (Lipinski definition) is 2. The molecule has 0 unspecified atom stereocenters. The lowest BCUT2D eigenvalue weighted by Gasteiger charge is -2.13. The molecule has 0 radical (unpaired) electrons. The second kappa shape index (κ2) is 8.71. The lowest BCUT2D eigenvalue weighted by Crippen LogP contribution is -2.28. The van der Waals surface area contributed by atoms with Gasteiger partial charge in [-0.05, 0) is 54.5 Å². The van der Waals surface area contributed by atoms with Crippen molar-refractivity contribution >= 4 is 23.0 Å². The normalized spacial score (nSPS) is 10.9. The fourth-order valence-electron chi connectivity index (χ4n) is 2.09. The van der Waals surface area contributed by atoms with Crippen LogP contribution < -0.4 is 15.4 Å². The monoisotopic (exact) mass is 380 g/mol. The van der Waals surface area contributed by atoms with Crippen LogP contribution in [0.3, 0.4) is 0 Å². The van der Waals surface area contributed by atoms with Crippen molar-refractivity contribution in [2.45, 2.75) is 19.6 Å². The van der Waals surface area contributed by atoms with E-state index in [-0.39, 0.29) is 6.54 Å². The molecule has 0 fully saturated rings. The van der Waals surface area contributed by atoms with E-state index < -0.39 is 11.7 Å². The van der Waals surface area contributed by atoms with E-state index in [1.807, 2.05) is 25.1 Å². The van der Waals surface area contributed by atoms with Crippen LogP contribution in [0, 0.1) is 0 Å². The molecule has 0 amide bonds. The third-order valence-corrected chi connectivity index (χ3v) is 3.53. The van der Waals surface area contributed by atoms with E-state index in [1.54, 1.807) is 12.1 Å². The molecule has 0 aliphatic heterocycles. The van der Waals surface area contributed by atoms with Gasteiger partial charge in [0.05, 0.1) is 5.56 Å². The lowest BCUT2D eigenvalue weighted by atomic mass is 10.1. The van der Waals surface area contributed by atoms with Gasteiger partial charge in [0.1, 0.15) is 12.4 Å². The van der Waals surface area contributed by atoms with Crippen LogP contribution >= 0.6 is 12.2 Å². The Hall–Kier alpha value is -2.54. The molecule has 0 spiro atoms. The number of hydrogen-bond acceptors (Lipinski definition) is 2. The Morgan fingerprint density at radius 3 is 2.58 bits per heavy atom. The first-order valence-corrected chi connectivity index (χ1v) is 8.23. The second-order valence-corrected chi connectivity index (χ2v) is 6.19. The van der Waals surface area contributed by atoms with Gasteiger partial charge in [0, 0.05) is 18.3 Å². The van der Waals surface area contributed by atoms with Crippen molar-refractivity contribution in [2.24, 2.45) is 0 Å². The Morgan fingerprint density at radius 1 is 1.15 bits per heavy atom. The number of nitrogens with one attached hydrogen (secondary N) is 2. The van der Waals surface area contributed by atoms with Crippen molar-refractivity contribution in [2.75, 3.05) is 11.9 Å². The minimum Gasteiger partial charge on any atom is -0.489 e. The molecule has 0 aliphatic carbocycles. The van der Waals surface area contributed by atoms with Gasteiger partial charge in [0.15, 0.2) is 5.11 Å². The van der Waals surface area contributed by atoms with E-state index in [0.29, 0.717) is 28.7 Å². The molecule has 3 nitrogen and oxygen atoms in total. The first kappa shape index (κ1) is 19.8. The summed E-state index contributed by atoms with van der Waals surface area (Å²) in [6.07, 6.45) is -4.36. The predicted molar refractivity (Wildman–Crippen MR) is 101 cm³/mol. The van der Waals surface area contributed by atoms with Gasteiger partial charge < -0.3 is 15.4 Å². The maximum atomic E-state index is 12.7. The van der Waals surface area contributed by atoms with Gasteiger partial charge in [-0.2, -0.15) is 13.2 Å². The molecule has 0 saturated heterocycles. The number of ether oxygens (including phenoxy) is 1. The molecule has 0 aliphatic rings. The molecule has 0 bridgehead atoms. The van der Waals surface area contributed by atoms with Crippen LogP contribution in [0.5, 0.6) is 5.75 Å². The summed E-state index contributed by atoms with van der Waals surface area (Å²) in [4.78, 5) is 0. The summed E-state index contributed by atoms with van der Waals surface area (Å²) in [7, 11) is 0. The zero-order chi connectivity index (χ0) is 19.2. The average Bonchev–Trinajstić information content (AvgIpc) is 2.58. The molecule has 2 aromatic rings. The predicted octanol–water partition coefficient (Wildman–Crippen LogP) is 5.15. The van der Waals surface area contributed by atoms with Gasteiger partial charge >= 0.3 is 6.18 Å². The highest BCUT2D eigenvalue weighted by molar-refractivity contribution is 7.80. The van der Waals surface area contributed by atoms with Gasteiger partial charge in [0.2, 0.25) is 0 Å². The summed E-state index contributed by atoms with van der Waals surface area (Å²) >= 11 is 5.19. The minimum absolute atomic E-state index is 0.182. The van der Waals surface area contributed by atoms with Crippen molar-refractivity contribution in [3.05, 3.63) is 71.8 Å². The van der Waals surface area contributed by atoms with Crippen LogP contribution in [-0.2, 0) is 12.7 Å². The maximum Gasteiger partial charge on any atom is 0.416 e. The van der Waals surface area contributed by atoms with Crippen molar-refractivity contribution in [3.8, 4) is 5.75 Å². The first-order valence-electron chi connectivity index (χ1n) is 7.82. The number of benzene rings is 2. The van der Waals surface area contributed by atoms with E-state index in [1.165, 1.54) is 6.07 Å². The summed E-state index contributed by atoms with van der Waals surface area (Å²) in [6, 6.07) is 12.3. The zero-order valence-electron chi connectivity index (χ0n) is 14.2. The van der Waals surface area contributed by atoms with E-state index >= 15 is 0 Å². The summed E-state index contributed by atoms with van der Waals surface area (Å²) in [6.45, 7) is 6.24. The smallest absolute Gasteiger partial charge is 0.416 e. The quantitative estimate of drug-likeness (QED) is 0.537.